The van der Waals surface area contributed by atoms with Gasteiger partial charge in [-0.15, -0.1) is 0 Å². The summed E-state index contributed by atoms with van der Waals surface area (Å²) >= 11 is 1.61. The average molecular weight is 489 g/mol. The molecule has 0 saturated carbocycles. The number of thioether (sulfide) groups is 1. The maximum absolute atomic E-state index is 13.0. The Kier molecular flexibility index (Phi) is 7.17. The third-order valence-corrected chi connectivity index (χ3v) is 8.63. The number of carbonyl (C=O) groups is 1. The van der Waals surface area contributed by atoms with Crippen molar-refractivity contribution in [1.82, 2.24) is 0 Å². The van der Waals surface area contributed by atoms with Crippen LogP contribution in [0.1, 0.15) is 44.2 Å². The Balaban J connectivity index is 1.30. The van der Waals surface area contributed by atoms with Crippen molar-refractivity contribution in [2.24, 2.45) is 11.8 Å². The largest absolute Gasteiger partial charge is 0.508 e. The first-order valence-electron chi connectivity index (χ1n) is 12.5. The van der Waals surface area contributed by atoms with Gasteiger partial charge in [-0.05, 0) is 46.7 Å². The highest BCUT2D eigenvalue weighted by atomic mass is 32.2. The van der Waals surface area contributed by atoms with E-state index in [0.717, 1.165) is 11.3 Å². The molecule has 2 unspecified atom stereocenters. The fourth-order valence-electron chi connectivity index (χ4n) is 5.35. The van der Waals surface area contributed by atoms with Gasteiger partial charge in [-0.25, -0.2) is 4.79 Å². The van der Waals surface area contributed by atoms with Crippen LogP contribution in [0.15, 0.2) is 83.8 Å². The van der Waals surface area contributed by atoms with Gasteiger partial charge in [0, 0.05) is 16.7 Å². The van der Waals surface area contributed by atoms with Gasteiger partial charge in [-0.1, -0.05) is 99.3 Å². The zero-order chi connectivity index (χ0) is 24.4. The van der Waals surface area contributed by atoms with Crippen LogP contribution in [0.5, 0.6) is 0 Å². The first-order valence-corrected chi connectivity index (χ1v) is 13.3. The minimum atomic E-state index is -0.631. The Morgan fingerprint density at radius 3 is 2.09 bits per heavy atom. The van der Waals surface area contributed by atoms with Crippen LogP contribution in [0.4, 0.5) is 4.79 Å². The lowest BCUT2D eigenvalue weighted by Crippen LogP contribution is -2.49. The molecule has 5 rings (SSSR count). The Morgan fingerprint density at radius 2 is 1.46 bits per heavy atom. The van der Waals surface area contributed by atoms with Crippen LogP contribution in [0, 0.1) is 11.8 Å². The van der Waals surface area contributed by atoms with Gasteiger partial charge in [0.1, 0.15) is 18.1 Å². The lowest BCUT2D eigenvalue weighted by Gasteiger charge is -2.43. The van der Waals surface area contributed by atoms with Crippen molar-refractivity contribution in [1.29, 1.82) is 0 Å². The molecule has 1 saturated heterocycles. The van der Waals surface area contributed by atoms with E-state index in [1.807, 2.05) is 42.5 Å². The van der Waals surface area contributed by atoms with Gasteiger partial charge in [-0.2, -0.15) is 0 Å². The maximum atomic E-state index is 13.0. The highest BCUT2D eigenvalue weighted by Crippen LogP contribution is 2.45. The molecule has 1 fully saturated rings. The zero-order valence-electron chi connectivity index (χ0n) is 20.4. The molecule has 1 heterocycles. The molecule has 5 heteroatoms. The van der Waals surface area contributed by atoms with Gasteiger partial charge in [0.15, 0.2) is 0 Å². The van der Waals surface area contributed by atoms with Gasteiger partial charge in [0.2, 0.25) is 0 Å². The van der Waals surface area contributed by atoms with Crippen LogP contribution >= 0.6 is 11.8 Å². The summed E-state index contributed by atoms with van der Waals surface area (Å²) in [5, 5.41) is 0. The summed E-state index contributed by atoms with van der Waals surface area (Å²) in [6.45, 7) is 6.72. The molecule has 0 bridgehead atoms. The van der Waals surface area contributed by atoms with Crippen LogP contribution in [-0.4, -0.2) is 30.4 Å². The van der Waals surface area contributed by atoms with Crippen molar-refractivity contribution in [2.75, 3.05) is 6.61 Å². The number of fused-ring (bicyclic) bond motifs is 3. The van der Waals surface area contributed by atoms with Crippen molar-refractivity contribution in [2.45, 2.75) is 55.6 Å². The van der Waals surface area contributed by atoms with Crippen LogP contribution < -0.4 is 0 Å². The molecule has 3 aromatic rings. The minimum Gasteiger partial charge on any atom is -0.433 e. The molecule has 0 spiro atoms. The molecule has 4 nitrogen and oxygen atoms in total. The maximum Gasteiger partial charge on any atom is 0.508 e. The minimum absolute atomic E-state index is 0.00728. The van der Waals surface area contributed by atoms with Gasteiger partial charge in [-0.3, -0.25) is 0 Å². The molecule has 182 valence electrons. The van der Waals surface area contributed by atoms with Crippen LogP contribution in [0.2, 0.25) is 0 Å². The molecule has 3 aromatic carbocycles. The van der Waals surface area contributed by atoms with Crippen LogP contribution in [0.25, 0.3) is 11.1 Å². The second kappa shape index (κ2) is 10.5. The monoisotopic (exact) mass is 488 g/mol. The third kappa shape index (κ3) is 4.85. The molecule has 1 aliphatic heterocycles. The smallest absolute Gasteiger partial charge is 0.433 e. The highest BCUT2D eigenvalue weighted by molar-refractivity contribution is 7.99. The zero-order valence-corrected chi connectivity index (χ0v) is 21.2. The SMILES string of the molecule is CCC1O[C@H](Sc2ccccc2)C(OC(=O)OCC2c3ccccc3-c3ccccc32)[C@@H](C)[C@@H]1C. The van der Waals surface area contributed by atoms with E-state index in [2.05, 4.69) is 57.2 Å². The number of carbonyl (C=O) groups excluding carboxylic acids is 1. The van der Waals surface area contributed by atoms with E-state index < -0.39 is 12.3 Å². The summed E-state index contributed by atoms with van der Waals surface area (Å²) in [6.07, 6.45) is 0.0324. The van der Waals surface area contributed by atoms with E-state index in [-0.39, 0.29) is 35.9 Å². The molecule has 1 aliphatic carbocycles. The molecule has 0 aromatic heterocycles. The first-order chi connectivity index (χ1) is 17.1. The van der Waals surface area contributed by atoms with Crippen molar-refractivity contribution in [3.05, 3.63) is 90.0 Å². The van der Waals surface area contributed by atoms with E-state index in [1.54, 1.807) is 11.8 Å². The van der Waals surface area contributed by atoms with E-state index in [9.17, 15) is 4.79 Å². The molecular weight excluding hydrogens is 456 g/mol. The molecule has 5 atom stereocenters. The quantitative estimate of drug-likeness (QED) is 0.336. The molecule has 0 N–H and O–H groups in total. The highest BCUT2D eigenvalue weighted by Gasteiger charge is 2.44. The summed E-state index contributed by atoms with van der Waals surface area (Å²) in [5.74, 6) is 0.433. The van der Waals surface area contributed by atoms with Crippen molar-refractivity contribution in [3.63, 3.8) is 0 Å². The Hall–Kier alpha value is -2.76. The van der Waals surface area contributed by atoms with Gasteiger partial charge in [0.25, 0.3) is 0 Å². The lowest BCUT2D eigenvalue weighted by atomic mass is 9.83. The third-order valence-electron chi connectivity index (χ3n) is 7.47. The van der Waals surface area contributed by atoms with E-state index in [4.69, 9.17) is 14.2 Å². The number of rotatable bonds is 6. The van der Waals surface area contributed by atoms with E-state index in [1.165, 1.54) is 22.3 Å². The second-order valence-corrected chi connectivity index (χ2v) is 10.6. The van der Waals surface area contributed by atoms with Gasteiger partial charge < -0.3 is 14.2 Å². The van der Waals surface area contributed by atoms with E-state index >= 15 is 0 Å². The summed E-state index contributed by atoms with van der Waals surface area (Å²) in [7, 11) is 0. The predicted molar refractivity (Wildman–Crippen MR) is 140 cm³/mol. The number of ether oxygens (including phenoxy) is 3. The summed E-state index contributed by atoms with van der Waals surface area (Å²) < 4.78 is 18.2. The fourth-order valence-corrected chi connectivity index (χ4v) is 6.57. The van der Waals surface area contributed by atoms with Crippen molar-refractivity contribution < 1.29 is 19.0 Å². The molecular formula is C30H32O4S. The van der Waals surface area contributed by atoms with E-state index in [0.29, 0.717) is 0 Å². The summed E-state index contributed by atoms with van der Waals surface area (Å²) in [4.78, 5) is 14.1. The second-order valence-electron chi connectivity index (χ2n) is 9.47. The number of hydrogen-bond donors (Lipinski definition) is 0. The summed E-state index contributed by atoms with van der Waals surface area (Å²) in [5.41, 5.74) is 4.51. The molecule has 0 amide bonds. The van der Waals surface area contributed by atoms with Crippen LogP contribution in [-0.2, 0) is 14.2 Å². The van der Waals surface area contributed by atoms with Crippen LogP contribution in [0.3, 0.4) is 0 Å². The molecule has 35 heavy (non-hydrogen) atoms. The predicted octanol–water partition coefficient (Wildman–Crippen LogP) is 7.52. The van der Waals surface area contributed by atoms with Crippen molar-refractivity contribution in [3.8, 4) is 11.1 Å². The molecule has 2 aliphatic rings. The normalized spacial score (nSPS) is 25.5. The topological polar surface area (TPSA) is 44.8 Å². The average Bonchev–Trinajstić information content (AvgIpc) is 3.21. The Labute approximate surface area is 212 Å². The lowest BCUT2D eigenvalue weighted by molar-refractivity contribution is -0.143. The fraction of sp³-hybridized carbons (Fsp3) is 0.367. The van der Waals surface area contributed by atoms with Gasteiger partial charge >= 0.3 is 6.16 Å². The molecule has 0 radical (unpaired) electrons. The summed E-state index contributed by atoms with van der Waals surface area (Å²) in [6, 6.07) is 26.8. The number of hydrogen-bond acceptors (Lipinski definition) is 5. The Bertz CT molecular complexity index is 1120. The van der Waals surface area contributed by atoms with Gasteiger partial charge in [0.05, 0.1) is 6.10 Å². The Morgan fingerprint density at radius 1 is 0.857 bits per heavy atom. The number of benzene rings is 3. The van der Waals surface area contributed by atoms with Crippen molar-refractivity contribution >= 4 is 17.9 Å². The standard InChI is InChI=1S/C30H32O4S/c1-4-27-19(2)20(3)28(29(33-27)35-21-12-6-5-7-13-21)34-30(31)32-18-26-24-16-10-8-14-22(24)23-15-9-11-17-25(23)26/h5-17,19-20,26-29H,4,18H2,1-3H3/t19-,20-,27?,28?,29+/m0/s1. The first kappa shape index (κ1) is 24.0.